The van der Waals surface area contributed by atoms with E-state index in [1.54, 1.807) is 62.8 Å². The molecule has 0 amide bonds. The van der Waals surface area contributed by atoms with Crippen molar-refractivity contribution in [3.05, 3.63) is 95.6 Å². The Hall–Kier alpha value is -3.64. The van der Waals surface area contributed by atoms with Gasteiger partial charge in [-0.25, -0.2) is 4.79 Å². The molecule has 0 aliphatic carbocycles. The first kappa shape index (κ1) is 22.1. The third kappa shape index (κ3) is 6.17. The molecular formula is C25H24O6. The Morgan fingerprint density at radius 2 is 1.35 bits per heavy atom. The maximum atomic E-state index is 13.2. The zero-order valence-corrected chi connectivity index (χ0v) is 17.4. The van der Waals surface area contributed by atoms with Crippen molar-refractivity contribution in [1.29, 1.82) is 0 Å². The van der Waals surface area contributed by atoms with Crippen molar-refractivity contribution in [2.75, 3.05) is 14.2 Å². The summed E-state index contributed by atoms with van der Waals surface area (Å²) in [6, 6.07) is 23.2. The first-order valence-corrected chi connectivity index (χ1v) is 9.79. The van der Waals surface area contributed by atoms with Crippen molar-refractivity contribution in [3.8, 4) is 11.5 Å². The van der Waals surface area contributed by atoms with Crippen molar-refractivity contribution in [1.82, 2.24) is 0 Å². The molecule has 0 heterocycles. The molecule has 160 valence electrons. The third-order valence-electron chi connectivity index (χ3n) is 4.80. The number of ether oxygens (including phenoxy) is 2. The first-order chi connectivity index (χ1) is 15.1. The summed E-state index contributed by atoms with van der Waals surface area (Å²) >= 11 is 0. The lowest BCUT2D eigenvalue weighted by Crippen LogP contribution is -2.19. The lowest BCUT2D eigenvalue weighted by atomic mass is 9.88. The van der Waals surface area contributed by atoms with Crippen molar-refractivity contribution < 1.29 is 28.8 Å². The van der Waals surface area contributed by atoms with Crippen LogP contribution in [-0.2, 0) is 21.2 Å². The summed E-state index contributed by atoms with van der Waals surface area (Å²) < 4.78 is 10.3. The molecule has 0 saturated heterocycles. The number of carbonyl (C=O) groups is 2. The molecular weight excluding hydrogens is 396 g/mol. The fourth-order valence-corrected chi connectivity index (χ4v) is 3.09. The van der Waals surface area contributed by atoms with Crippen LogP contribution in [0.25, 0.3) is 0 Å². The van der Waals surface area contributed by atoms with E-state index in [2.05, 4.69) is 0 Å². The van der Waals surface area contributed by atoms with Crippen LogP contribution in [0.15, 0.2) is 78.9 Å². The average Bonchev–Trinajstić information content (AvgIpc) is 2.83. The topological polar surface area (TPSA) is 71.1 Å². The molecule has 3 aromatic rings. The summed E-state index contributed by atoms with van der Waals surface area (Å²) in [5.74, 6) is -0.252. The summed E-state index contributed by atoms with van der Waals surface area (Å²) in [6.45, 7) is 0.131. The molecule has 1 atom stereocenters. The highest BCUT2D eigenvalue weighted by Crippen LogP contribution is 2.28. The van der Waals surface area contributed by atoms with Gasteiger partial charge in [-0.1, -0.05) is 42.5 Å². The van der Waals surface area contributed by atoms with Crippen molar-refractivity contribution in [2.24, 2.45) is 0 Å². The Balaban J connectivity index is 1.72. The fraction of sp³-hybridized carbons (Fsp3) is 0.200. The van der Waals surface area contributed by atoms with Crippen LogP contribution < -0.4 is 9.47 Å². The summed E-state index contributed by atoms with van der Waals surface area (Å²) in [4.78, 5) is 35.6. The van der Waals surface area contributed by atoms with Crippen LogP contribution in [0.1, 0.15) is 33.8 Å². The van der Waals surface area contributed by atoms with Gasteiger partial charge in [0.2, 0.25) is 0 Å². The van der Waals surface area contributed by atoms with Gasteiger partial charge in [0, 0.05) is 5.56 Å². The predicted octanol–water partition coefficient (Wildman–Crippen LogP) is 4.74. The Bertz CT molecular complexity index is 981. The average molecular weight is 420 g/mol. The van der Waals surface area contributed by atoms with E-state index in [9.17, 15) is 9.59 Å². The molecule has 0 bridgehead atoms. The van der Waals surface area contributed by atoms with Gasteiger partial charge in [-0.15, -0.1) is 0 Å². The van der Waals surface area contributed by atoms with E-state index in [0.717, 1.165) is 5.56 Å². The van der Waals surface area contributed by atoms with Crippen molar-refractivity contribution in [2.45, 2.75) is 18.9 Å². The molecule has 1 unspecified atom stereocenters. The second-order valence-corrected chi connectivity index (χ2v) is 6.83. The number of carbonyl (C=O) groups excluding carboxylic acids is 2. The SMILES string of the molecule is COc1ccc(C(=O)C(CC(=O)OOCc2ccccc2)c2ccc(OC)cc2)cc1. The van der Waals surface area contributed by atoms with Crippen LogP contribution in [0, 0.1) is 0 Å². The number of hydrogen-bond donors (Lipinski definition) is 0. The molecule has 31 heavy (non-hydrogen) atoms. The number of methoxy groups -OCH3 is 2. The molecule has 0 aliphatic heterocycles. The van der Waals surface area contributed by atoms with Gasteiger partial charge >= 0.3 is 5.97 Å². The summed E-state index contributed by atoms with van der Waals surface area (Å²) in [7, 11) is 3.12. The van der Waals surface area contributed by atoms with Gasteiger partial charge < -0.3 is 9.47 Å². The first-order valence-electron chi connectivity index (χ1n) is 9.79. The lowest BCUT2D eigenvalue weighted by Gasteiger charge is -2.16. The Labute approximate surface area is 181 Å². The maximum absolute atomic E-state index is 13.2. The van der Waals surface area contributed by atoms with Crippen LogP contribution in [0.3, 0.4) is 0 Å². The molecule has 0 aromatic heterocycles. The summed E-state index contributed by atoms with van der Waals surface area (Å²) in [5, 5.41) is 0. The predicted molar refractivity (Wildman–Crippen MR) is 115 cm³/mol. The maximum Gasteiger partial charge on any atom is 0.343 e. The van der Waals surface area contributed by atoms with Crippen molar-refractivity contribution in [3.63, 3.8) is 0 Å². The standard InChI is InChI=1S/C25H24O6/c1-28-21-12-8-19(9-13-21)23(25(27)20-10-14-22(29-2)15-11-20)16-24(26)31-30-17-18-6-4-3-5-7-18/h3-15,23H,16-17H2,1-2H3. The molecule has 3 rings (SSSR count). The van der Waals surface area contributed by atoms with Gasteiger partial charge in [-0.3, -0.25) is 9.68 Å². The second kappa shape index (κ2) is 10.9. The van der Waals surface area contributed by atoms with E-state index >= 15 is 0 Å². The number of Topliss-reactive ketones (excluding diaryl/α,β-unsaturated/α-hetero) is 1. The summed E-state index contributed by atoms with van der Waals surface area (Å²) in [6.07, 6.45) is -0.161. The van der Waals surface area contributed by atoms with Gasteiger partial charge in [0.15, 0.2) is 5.78 Å². The number of hydrogen-bond acceptors (Lipinski definition) is 6. The Morgan fingerprint density at radius 3 is 1.94 bits per heavy atom. The zero-order chi connectivity index (χ0) is 22.1. The number of ketones is 1. The monoisotopic (exact) mass is 420 g/mol. The van der Waals surface area contributed by atoms with Gasteiger partial charge in [0.1, 0.15) is 18.1 Å². The van der Waals surface area contributed by atoms with Crippen molar-refractivity contribution >= 4 is 11.8 Å². The van der Waals surface area contributed by atoms with E-state index in [4.69, 9.17) is 19.2 Å². The van der Waals surface area contributed by atoms with Gasteiger partial charge in [-0.2, -0.15) is 4.89 Å². The quantitative estimate of drug-likeness (QED) is 0.268. The summed E-state index contributed by atoms with van der Waals surface area (Å²) in [5.41, 5.74) is 2.03. The molecule has 0 aliphatic rings. The molecule has 6 heteroatoms. The minimum atomic E-state index is -0.730. The minimum Gasteiger partial charge on any atom is -0.497 e. The highest BCUT2D eigenvalue weighted by molar-refractivity contribution is 6.02. The van der Waals surface area contributed by atoms with E-state index < -0.39 is 11.9 Å². The van der Waals surface area contributed by atoms with Crippen LogP contribution in [-0.4, -0.2) is 26.0 Å². The van der Waals surface area contributed by atoms with Gasteiger partial charge in [0.05, 0.1) is 26.6 Å². The molecule has 0 N–H and O–H groups in total. The Kier molecular flexibility index (Phi) is 7.79. The normalized spacial score (nSPS) is 11.4. The molecule has 0 spiro atoms. The van der Waals surface area contributed by atoms with Crippen LogP contribution in [0.4, 0.5) is 0 Å². The smallest absolute Gasteiger partial charge is 0.343 e. The molecule has 6 nitrogen and oxygen atoms in total. The second-order valence-electron chi connectivity index (χ2n) is 6.83. The van der Waals surface area contributed by atoms with Gasteiger partial charge in [0.25, 0.3) is 0 Å². The minimum absolute atomic E-state index is 0.131. The largest absolute Gasteiger partial charge is 0.497 e. The van der Waals surface area contributed by atoms with E-state index in [1.165, 1.54) is 0 Å². The zero-order valence-electron chi connectivity index (χ0n) is 17.4. The highest BCUT2D eigenvalue weighted by Gasteiger charge is 2.26. The van der Waals surface area contributed by atoms with Gasteiger partial charge in [-0.05, 0) is 47.5 Å². The molecule has 0 fully saturated rings. The molecule has 0 saturated carbocycles. The van der Waals surface area contributed by atoms with Crippen LogP contribution in [0.5, 0.6) is 11.5 Å². The van der Waals surface area contributed by atoms with E-state index in [-0.39, 0.29) is 18.8 Å². The van der Waals surface area contributed by atoms with E-state index in [0.29, 0.717) is 22.6 Å². The highest BCUT2D eigenvalue weighted by atomic mass is 17.2. The van der Waals surface area contributed by atoms with Crippen LogP contribution >= 0.6 is 0 Å². The fourth-order valence-electron chi connectivity index (χ4n) is 3.09. The van der Waals surface area contributed by atoms with Crippen LogP contribution in [0.2, 0.25) is 0 Å². The number of rotatable bonds is 10. The third-order valence-corrected chi connectivity index (χ3v) is 4.80. The van der Waals surface area contributed by atoms with E-state index in [1.807, 2.05) is 30.3 Å². The Morgan fingerprint density at radius 1 is 0.774 bits per heavy atom. The lowest BCUT2D eigenvalue weighted by molar-refractivity contribution is -0.280. The number of benzene rings is 3. The molecule has 3 aromatic carbocycles. The molecule has 0 radical (unpaired) electrons.